The first-order valence-corrected chi connectivity index (χ1v) is 8.36. The number of anilines is 1. The van der Waals surface area contributed by atoms with Crippen LogP contribution in [0, 0.1) is 6.92 Å². The average Bonchev–Trinajstić information content (AvgIpc) is 2.44. The fourth-order valence-electron chi connectivity index (χ4n) is 1.59. The summed E-state index contributed by atoms with van der Waals surface area (Å²) in [5, 5.41) is 0. The van der Waals surface area contributed by atoms with E-state index in [1.54, 1.807) is 26.2 Å². The minimum atomic E-state index is -3.34. The van der Waals surface area contributed by atoms with Gasteiger partial charge in [0.15, 0.2) is 9.84 Å². The fraction of sp³-hybridized carbons (Fsp3) is 0.571. The SMILES string of the molecule is COCCOCCOCCS(=O)(=O)c1ccc(N)c(C)c1. The minimum Gasteiger partial charge on any atom is -0.399 e. The molecule has 1 aromatic rings. The van der Waals surface area contributed by atoms with Gasteiger partial charge in [0, 0.05) is 12.8 Å². The number of nitrogen functional groups attached to an aromatic ring is 1. The highest BCUT2D eigenvalue weighted by Crippen LogP contribution is 2.17. The third-order valence-corrected chi connectivity index (χ3v) is 4.58. The van der Waals surface area contributed by atoms with Crippen LogP contribution >= 0.6 is 0 Å². The van der Waals surface area contributed by atoms with Gasteiger partial charge in [-0.05, 0) is 30.7 Å². The van der Waals surface area contributed by atoms with Gasteiger partial charge in [-0.15, -0.1) is 0 Å². The molecule has 0 aromatic heterocycles. The summed E-state index contributed by atoms with van der Waals surface area (Å²) in [6.07, 6.45) is 0. The number of benzene rings is 1. The van der Waals surface area contributed by atoms with E-state index in [2.05, 4.69) is 0 Å². The van der Waals surface area contributed by atoms with Gasteiger partial charge in [-0.2, -0.15) is 0 Å². The van der Waals surface area contributed by atoms with Crippen LogP contribution in [0.2, 0.25) is 0 Å². The van der Waals surface area contributed by atoms with E-state index in [-0.39, 0.29) is 17.3 Å². The van der Waals surface area contributed by atoms with Crippen molar-refractivity contribution in [1.29, 1.82) is 0 Å². The van der Waals surface area contributed by atoms with Crippen molar-refractivity contribution in [2.45, 2.75) is 11.8 Å². The summed E-state index contributed by atoms with van der Waals surface area (Å²) < 4.78 is 39.5. The topological polar surface area (TPSA) is 87.9 Å². The molecule has 0 atom stereocenters. The molecule has 7 heteroatoms. The van der Waals surface area contributed by atoms with Gasteiger partial charge >= 0.3 is 0 Å². The standard InChI is InChI=1S/C14H23NO5S/c1-12-11-13(3-4-14(12)15)21(16,17)10-9-20-8-7-19-6-5-18-2/h3-4,11H,5-10,15H2,1-2H3. The number of hydrogen-bond donors (Lipinski definition) is 1. The molecule has 6 nitrogen and oxygen atoms in total. The number of rotatable bonds is 10. The lowest BCUT2D eigenvalue weighted by atomic mass is 10.2. The Balaban J connectivity index is 2.31. The van der Waals surface area contributed by atoms with Crippen molar-refractivity contribution < 1.29 is 22.6 Å². The van der Waals surface area contributed by atoms with Crippen molar-refractivity contribution in [2.75, 3.05) is 51.6 Å². The molecule has 2 N–H and O–H groups in total. The zero-order valence-electron chi connectivity index (χ0n) is 12.5. The zero-order valence-corrected chi connectivity index (χ0v) is 13.3. The van der Waals surface area contributed by atoms with Crippen LogP contribution in [0.5, 0.6) is 0 Å². The van der Waals surface area contributed by atoms with Gasteiger partial charge < -0.3 is 19.9 Å². The molecule has 120 valence electrons. The maximum Gasteiger partial charge on any atom is 0.180 e. The quantitative estimate of drug-likeness (QED) is 0.512. The van der Waals surface area contributed by atoms with Gasteiger partial charge in [-0.1, -0.05) is 0 Å². The molecule has 1 aromatic carbocycles. The average molecular weight is 317 g/mol. The summed E-state index contributed by atoms with van der Waals surface area (Å²) >= 11 is 0. The minimum absolute atomic E-state index is 0.0611. The van der Waals surface area contributed by atoms with E-state index in [9.17, 15) is 8.42 Å². The lowest BCUT2D eigenvalue weighted by Gasteiger charge is -2.08. The highest BCUT2D eigenvalue weighted by molar-refractivity contribution is 7.91. The Morgan fingerprint density at radius 1 is 1.05 bits per heavy atom. The van der Waals surface area contributed by atoms with Crippen molar-refractivity contribution in [3.63, 3.8) is 0 Å². The number of methoxy groups -OCH3 is 1. The molecule has 0 saturated carbocycles. The maximum atomic E-state index is 12.1. The maximum absolute atomic E-state index is 12.1. The molecular weight excluding hydrogens is 294 g/mol. The first kappa shape index (κ1) is 17.9. The van der Waals surface area contributed by atoms with Crippen molar-refractivity contribution in [3.05, 3.63) is 23.8 Å². The number of sulfone groups is 1. The molecular formula is C14H23NO5S. The zero-order chi connectivity index (χ0) is 15.7. The van der Waals surface area contributed by atoms with Gasteiger partial charge in [0.25, 0.3) is 0 Å². The molecule has 0 saturated heterocycles. The van der Waals surface area contributed by atoms with Crippen molar-refractivity contribution in [1.82, 2.24) is 0 Å². The van der Waals surface area contributed by atoms with Crippen molar-refractivity contribution in [2.24, 2.45) is 0 Å². The smallest absolute Gasteiger partial charge is 0.180 e. The Morgan fingerprint density at radius 3 is 2.29 bits per heavy atom. The van der Waals surface area contributed by atoms with Crippen LogP contribution in [-0.4, -0.2) is 54.3 Å². The summed E-state index contributed by atoms with van der Waals surface area (Å²) in [4.78, 5) is 0.272. The summed E-state index contributed by atoms with van der Waals surface area (Å²) in [5.41, 5.74) is 7.01. The van der Waals surface area contributed by atoms with E-state index >= 15 is 0 Å². The molecule has 0 unspecified atom stereocenters. The van der Waals surface area contributed by atoms with E-state index in [0.29, 0.717) is 32.1 Å². The van der Waals surface area contributed by atoms with Crippen LogP contribution < -0.4 is 5.73 Å². The lowest BCUT2D eigenvalue weighted by Crippen LogP contribution is -2.15. The number of ether oxygens (including phenoxy) is 3. The predicted octanol–water partition coefficient (Wildman–Crippen LogP) is 1.03. The molecule has 0 heterocycles. The van der Waals surface area contributed by atoms with Crippen LogP contribution in [0.4, 0.5) is 5.69 Å². The number of hydrogen-bond acceptors (Lipinski definition) is 6. The van der Waals surface area contributed by atoms with Crippen LogP contribution in [0.1, 0.15) is 5.56 Å². The first-order chi connectivity index (χ1) is 9.97. The Kier molecular flexibility index (Phi) is 7.66. The van der Waals surface area contributed by atoms with Gasteiger partial charge in [0.2, 0.25) is 0 Å². The Bertz CT molecular complexity index is 530. The predicted molar refractivity (Wildman–Crippen MR) is 81.2 cm³/mol. The van der Waals surface area contributed by atoms with E-state index < -0.39 is 9.84 Å². The summed E-state index contributed by atoms with van der Waals surface area (Å²) in [7, 11) is -1.74. The molecule has 0 radical (unpaired) electrons. The van der Waals surface area contributed by atoms with Gasteiger partial charge in [-0.3, -0.25) is 0 Å². The van der Waals surface area contributed by atoms with E-state index in [1.807, 2.05) is 0 Å². The van der Waals surface area contributed by atoms with Gasteiger partial charge in [0.1, 0.15) is 0 Å². The number of aryl methyl sites for hydroxylation is 1. The summed E-state index contributed by atoms with van der Waals surface area (Å²) in [6.45, 7) is 3.74. The Hall–Kier alpha value is -1.15. The third kappa shape index (κ3) is 6.43. The molecule has 21 heavy (non-hydrogen) atoms. The Labute approximate surface area is 126 Å². The molecule has 0 spiro atoms. The molecule has 0 fully saturated rings. The summed E-state index contributed by atoms with van der Waals surface area (Å²) in [5.74, 6) is -0.0611. The van der Waals surface area contributed by atoms with Crippen LogP contribution in [0.3, 0.4) is 0 Å². The molecule has 0 aliphatic rings. The van der Waals surface area contributed by atoms with Crippen LogP contribution in [0.15, 0.2) is 23.1 Å². The number of nitrogens with two attached hydrogens (primary N) is 1. The summed E-state index contributed by atoms with van der Waals surface area (Å²) in [6, 6.07) is 4.71. The molecule has 1 rings (SSSR count). The fourth-order valence-corrected chi connectivity index (χ4v) is 2.80. The van der Waals surface area contributed by atoms with E-state index in [0.717, 1.165) is 5.56 Å². The molecule has 0 aliphatic carbocycles. The first-order valence-electron chi connectivity index (χ1n) is 6.70. The van der Waals surface area contributed by atoms with Gasteiger partial charge in [-0.25, -0.2) is 8.42 Å². The second kappa shape index (κ2) is 8.99. The highest BCUT2D eigenvalue weighted by atomic mass is 32.2. The third-order valence-electron chi connectivity index (χ3n) is 2.90. The molecule has 0 bridgehead atoms. The monoisotopic (exact) mass is 317 g/mol. The lowest BCUT2D eigenvalue weighted by molar-refractivity contribution is 0.0284. The normalized spacial score (nSPS) is 11.7. The van der Waals surface area contributed by atoms with E-state index in [4.69, 9.17) is 19.9 Å². The van der Waals surface area contributed by atoms with Crippen LogP contribution in [0.25, 0.3) is 0 Å². The highest BCUT2D eigenvalue weighted by Gasteiger charge is 2.14. The van der Waals surface area contributed by atoms with Crippen molar-refractivity contribution in [3.8, 4) is 0 Å². The Morgan fingerprint density at radius 2 is 1.67 bits per heavy atom. The van der Waals surface area contributed by atoms with E-state index in [1.165, 1.54) is 6.07 Å². The van der Waals surface area contributed by atoms with Gasteiger partial charge in [0.05, 0.1) is 43.7 Å². The molecule has 0 amide bonds. The van der Waals surface area contributed by atoms with Crippen molar-refractivity contribution >= 4 is 15.5 Å². The second-order valence-corrected chi connectivity index (χ2v) is 6.66. The van der Waals surface area contributed by atoms with Crippen LogP contribution in [-0.2, 0) is 24.0 Å². The molecule has 0 aliphatic heterocycles. The second-order valence-electron chi connectivity index (χ2n) is 4.55. The largest absolute Gasteiger partial charge is 0.399 e.